The first kappa shape index (κ1) is 14.5. The summed E-state index contributed by atoms with van der Waals surface area (Å²) in [7, 11) is 0. The molecule has 0 amide bonds. The monoisotopic (exact) mass is 315 g/mol. The van der Waals surface area contributed by atoms with Gasteiger partial charge < -0.3 is 0 Å². The summed E-state index contributed by atoms with van der Waals surface area (Å²) in [6.07, 6.45) is 1.74. The van der Waals surface area contributed by atoms with E-state index in [1.54, 1.807) is 10.9 Å². The van der Waals surface area contributed by atoms with E-state index >= 15 is 0 Å². The third-order valence-electron chi connectivity index (χ3n) is 4.28. The van der Waals surface area contributed by atoms with Crippen molar-refractivity contribution in [1.29, 1.82) is 0 Å². The van der Waals surface area contributed by atoms with Gasteiger partial charge in [0.2, 0.25) is 0 Å². The molecule has 0 saturated carbocycles. The highest BCUT2D eigenvalue weighted by atomic mass is 16.1. The van der Waals surface area contributed by atoms with Gasteiger partial charge in [-0.15, -0.1) is 0 Å². The largest absolute Gasteiger partial charge is 0.281 e. The number of nitrogens with one attached hydrogen (secondary N) is 1. The van der Waals surface area contributed by atoms with E-state index in [0.29, 0.717) is 11.0 Å². The maximum atomic E-state index is 13.0. The number of pyridine rings is 1. The average Bonchev–Trinajstić information content (AvgIpc) is 2.93. The topological polar surface area (TPSA) is 50.7 Å². The lowest BCUT2D eigenvalue weighted by Gasteiger charge is -2.05. The van der Waals surface area contributed by atoms with Crippen LogP contribution >= 0.6 is 0 Å². The lowest BCUT2D eigenvalue weighted by molar-refractivity contribution is 0.857. The lowest BCUT2D eigenvalue weighted by atomic mass is 9.99. The van der Waals surface area contributed by atoms with Gasteiger partial charge in [0.1, 0.15) is 0 Å². The summed E-state index contributed by atoms with van der Waals surface area (Å²) in [6.45, 7) is 4.06. The van der Waals surface area contributed by atoms with Gasteiger partial charge in [0.25, 0.3) is 5.56 Å². The van der Waals surface area contributed by atoms with Crippen LogP contribution in [0, 0.1) is 13.8 Å². The molecule has 0 atom stereocenters. The fourth-order valence-corrected chi connectivity index (χ4v) is 3.08. The highest BCUT2D eigenvalue weighted by Crippen LogP contribution is 2.27. The maximum Gasteiger partial charge on any atom is 0.281 e. The molecule has 0 spiro atoms. The number of aromatic amines is 1. The number of fused-ring (bicyclic) bond motifs is 1. The molecule has 0 fully saturated rings. The Morgan fingerprint density at radius 1 is 0.958 bits per heavy atom. The van der Waals surface area contributed by atoms with Crippen molar-refractivity contribution < 1.29 is 0 Å². The molecule has 2 aromatic heterocycles. The van der Waals surface area contributed by atoms with Crippen LogP contribution < -0.4 is 5.56 Å². The van der Waals surface area contributed by atoms with E-state index < -0.39 is 0 Å². The first-order valence-electron chi connectivity index (χ1n) is 7.88. The Morgan fingerprint density at radius 3 is 2.58 bits per heavy atom. The van der Waals surface area contributed by atoms with Crippen molar-refractivity contribution in [3.05, 3.63) is 82.3 Å². The van der Waals surface area contributed by atoms with E-state index in [1.165, 1.54) is 0 Å². The fraction of sp³-hybridized carbons (Fsp3) is 0.100. The molecule has 0 bridgehead atoms. The predicted octanol–water partition coefficient (Wildman–Crippen LogP) is 4.00. The molecule has 0 radical (unpaired) electrons. The predicted molar refractivity (Wildman–Crippen MR) is 96.6 cm³/mol. The van der Waals surface area contributed by atoms with Crippen molar-refractivity contribution in [1.82, 2.24) is 14.8 Å². The smallest absolute Gasteiger partial charge is 0.274 e. The molecule has 4 nitrogen and oxygen atoms in total. The van der Waals surface area contributed by atoms with Crippen LogP contribution in [0.3, 0.4) is 0 Å². The van der Waals surface area contributed by atoms with E-state index in [4.69, 9.17) is 0 Å². The highest BCUT2D eigenvalue weighted by Gasteiger charge is 2.15. The number of benzene rings is 2. The number of nitrogens with zero attached hydrogens (tertiary/aromatic N) is 2. The summed E-state index contributed by atoms with van der Waals surface area (Å²) in [5, 5.41) is 3.75. The van der Waals surface area contributed by atoms with Gasteiger partial charge in [-0.2, -0.15) is 0 Å². The zero-order valence-corrected chi connectivity index (χ0v) is 13.6. The molecule has 118 valence electrons. The molecule has 4 rings (SSSR count). The molecule has 24 heavy (non-hydrogen) atoms. The van der Waals surface area contributed by atoms with E-state index in [1.807, 2.05) is 68.4 Å². The van der Waals surface area contributed by atoms with Crippen molar-refractivity contribution in [2.24, 2.45) is 0 Å². The molecule has 0 aliphatic heterocycles. The van der Waals surface area contributed by atoms with Crippen LogP contribution in [0.2, 0.25) is 0 Å². The molecule has 2 aromatic carbocycles. The summed E-state index contributed by atoms with van der Waals surface area (Å²) in [6, 6.07) is 17.8. The highest BCUT2D eigenvalue weighted by molar-refractivity contribution is 5.93. The molecule has 0 aliphatic carbocycles. The minimum atomic E-state index is -0.0815. The van der Waals surface area contributed by atoms with Crippen molar-refractivity contribution in [3.8, 4) is 16.8 Å². The molecule has 0 aliphatic rings. The van der Waals surface area contributed by atoms with Crippen LogP contribution in [-0.4, -0.2) is 14.8 Å². The molecule has 2 heterocycles. The van der Waals surface area contributed by atoms with Gasteiger partial charge in [0, 0.05) is 11.8 Å². The second-order valence-corrected chi connectivity index (χ2v) is 5.99. The number of hydrogen-bond acceptors (Lipinski definition) is 2. The van der Waals surface area contributed by atoms with Gasteiger partial charge in [0.15, 0.2) is 5.65 Å². The third-order valence-corrected chi connectivity index (χ3v) is 4.28. The Kier molecular flexibility index (Phi) is 3.31. The fourth-order valence-electron chi connectivity index (χ4n) is 3.08. The zero-order chi connectivity index (χ0) is 16.7. The van der Waals surface area contributed by atoms with E-state index in [0.717, 1.165) is 27.9 Å². The van der Waals surface area contributed by atoms with Crippen molar-refractivity contribution >= 4 is 11.0 Å². The van der Waals surface area contributed by atoms with Crippen LogP contribution in [0.5, 0.6) is 0 Å². The number of aromatic nitrogens is 3. The minimum absolute atomic E-state index is 0.0815. The maximum absolute atomic E-state index is 13.0. The van der Waals surface area contributed by atoms with Crippen LogP contribution in [0.25, 0.3) is 27.8 Å². The zero-order valence-electron chi connectivity index (χ0n) is 13.6. The Labute approximate surface area is 139 Å². The van der Waals surface area contributed by atoms with Gasteiger partial charge in [-0.3, -0.25) is 9.89 Å². The van der Waals surface area contributed by atoms with E-state index in [9.17, 15) is 4.79 Å². The number of H-pyrrole nitrogens is 1. The SMILES string of the molecule is Cc1cccc(-n2[nH]c3nccc(-c4ccccc4C)c3c2=O)c1. The Hall–Kier alpha value is -3.14. The van der Waals surface area contributed by atoms with Gasteiger partial charge in [0.05, 0.1) is 11.1 Å². The lowest BCUT2D eigenvalue weighted by Crippen LogP contribution is -2.14. The molecular formula is C20H17N3O. The van der Waals surface area contributed by atoms with Crippen LogP contribution in [0.4, 0.5) is 0 Å². The Morgan fingerprint density at radius 2 is 1.79 bits per heavy atom. The minimum Gasteiger partial charge on any atom is -0.274 e. The molecule has 4 heteroatoms. The van der Waals surface area contributed by atoms with Crippen molar-refractivity contribution in [2.75, 3.05) is 0 Å². The first-order chi connectivity index (χ1) is 11.6. The summed E-state index contributed by atoms with van der Waals surface area (Å²) >= 11 is 0. The average molecular weight is 315 g/mol. The Bertz CT molecular complexity index is 1110. The normalized spacial score (nSPS) is 11.1. The van der Waals surface area contributed by atoms with Crippen LogP contribution in [-0.2, 0) is 0 Å². The molecule has 1 N–H and O–H groups in total. The van der Waals surface area contributed by atoms with Gasteiger partial charge in [-0.05, 0) is 48.7 Å². The second-order valence-electron chi connectivity index (χ2n) is 5.99. The summed E-state index contributed by atoms with van der Waals surface area (Å²) in [5.74, 6) is 0. The standard InChI is InChI=1S/C20H17N3O/c1-13-6-5-8-15(12-13)23-20(24)18-17(10-11-21-19(18)22-23)16-9-4-3-7-14(16)2/h3-12H,1-2H3,(H,21,22). The Balaban J connectivity index is 2.03. The van der Waals surface area contributed by atoms with Gasteiger partial charge >= 0.3 is 0 Å². The van der Waals surface area contributed by atoms with E-state index in [-0.39, 0.29) is 5.56 Å². The van der Waals surface area contributed by atoms with Gasteiger partial charge in [-0.1, -0.05) is 36.4 Å². The summed E-state index contributed by atoms with van der Waals surface area (Å²) in [5.41, 5.74) is 5.53. The molecular weight excluding hydrogens is 298 g/mol. The first-order valence-corrected chi connectivity index (χ1v) is 7.88. The number of hydrogen-bond donors (Lipinski definition) is 1. The quantitative estimate of drug-likeness (QED) is 0.608. The van der Waals surface area contributed by atoms with Crippen LogP contribution in [0.15, 0.2) is 65.6 Å². The van der Waals surface area contributed by atoms with E-state index in [2.05, 4.69) is 10.1 Å². The van der Waals surface area contributed by atoms with Gasteiger partial charge in [-0.25, -0.2) is 9.67 Å². The van der Waals surface area contributed by atoms with Crippen molar-refractivity contribution in [2.45, 2.75) is 13.8 Å². The number of aryl methyl sites for hydroxylation is 2. The number of rotatable bonds is 2. The van der Waals surface area contributed by atoms with Crippen molar-refractivity contribution in [3.63, 3.8) is 0 Å². The summed E-state index contributed by atoms with van der Waals surface area (Å²) < 4.78 is 1.56. The van der Waals surface area contributed by atoms with Crippen LogP contribution in [0.1, 0.15) is 11.1 Å². The molecule has 4 aromatic rings. The third kappa shape index (κ3) is 2.24. The molecule has 0 unspecified atom stereocenters. The second kappa shape index (κ2) is 5.49. The summed E-state index contributed by atoms with van der Waals surface area (Å²) in [4.78, 5) is 17.4. The molecule has 0 saturated heterocycles.